The van der Waals surface area contributed by atoms with Crippen molar-refractivity contribution in [3.63, 3.8) is 0 Å². The van der Waals surface area contributed by atoms with Crippen LogP contribution >= 0.6 is 0 Å². The van der Waals surface area contributed by atoms with E-state index in [1.54, 1.807) is 12.1 Å². The maximum atomic E-state index is 14.4. The van der Waals surface area contributed by atoms with Gasteiger partial charge in [-0.15, -0.1) is 0 Å². The highest BCUT2D eigenvalue weighted by Crippen LogP contribution is 2.22. The Hall–Kier alpha value is -2.78. The molecular formula is C23H30FN5O3. The second-order valence-corrected chi connectivity index (χ2v) is 8.57. The average Bonchev–Trinajstić information content (AvgIpc) is 3.19. The van der Waals surface area contributed by atoms with E-state index in [1.165, 1.54) is 13.0 Å². The summed E-state index contributed by atoms with van der Waals surface area (Å²) in [6, 6.07) is 6.56. The Morgan fingerprint density at radius 1 is 1.00 bits per heavy atom. The molecule has 0 N–H and O–H groups in total. The molecule has 4 rings (SSSR count). The second-order valence-electron chi connectivity index (χ2n) is 8.57. The molecule has 2 fully saturated rings. The largest absolute Gasteiger partial charge is 0.366 e. The van der Waals surface area contributed by atoms with Crippen LogP contribution in [0.3, 0.4) is 0 Å². The fourth-order valence-electron chi connectivity index (χ4n) is 4.30. The van der Waals surface area contributed by atoms with Gasteiger partial charge in [-0.25, -0.2) is 4.39 Å². The predicted molar refractivity (Wildman–Crippen MR) is 118 cm³/mol. The summed E-state index contributed by atoms with van der Waals surface area (Å²) in [6.45, 7) is 10.3. The number of piperazine rings is 2. The molecule has 1 aromatic carbocycles. The molecule has 172 valence electrons. The van der Waals surface area contributed by atoms with E-state index in [2.05, 4.69) is 15.0 Å². The van der Waals surface area contributed by atoms with Gasteiger partial charge in [-0.3, -0.25) is 19.4 Å². The Bertz CT molecular complexity index is 962. The fourth-order valence-corrected chi connectivity index (χ4v) is 4.30. The molecule has 0 atom stereocenters. The van der Waals surface area contributed by atoms with Gasteiger partial charge in [0, 0.05) is 70.5 Å². The van der Waals surface area contributed by atoms with Crippen LogP contribution in [0, 0.1) is 12.7 Å². The molecule has 0 bridgehead atoms. The minimum Gasteiger partial charge on any atom is -0.366 e. The minimum absolute atomic E-state index is 0.123. The van der Waals surface area contributed by atoms with Crippen molar-refractivity contribution in [2.24, 2.45) is 0 Å². The molecule has 9 heteroatoms. The molecule has 0 radical (unpaired) electrons. The van der Waals surface area contributed by atoms with Crippen molar-refractivity contribution in [2.75, 3.05) is 63.8 Å². The number of benzene rings is 1. The first kappa shape index (κ1) is 22.4. The van der Waals surface area contributed by atoms with Crippen molar-refractivity contribution in [3.8, 4) is 0 Å². The Labute approximate surface area is 187 Å². The molecule has 1 aromatic heterocycles. The van der Waals surface area contributed by atoms with Crippen molar-refractivity contribution < 1.29 is 18.5 Å². The fraction of sp³-hybridized carbons (Fsp3) is 0.522. The van der Waals surface area contributed by atoms with Gasteiger partial charge >= 0.3 is 0 Å². The normalized spacial score (nSPS) is 18.2. The van der Waals surface area contributed by atoms with Crippen LogP contribution in [0.5, 0.6) is 0 Å². The zero-order valence-electron chi connectivity index (χ0n) is 18.7. The van der Waals surface area contributed by atoms with E-state index in [1.807, 2.05) is 22.8 Å². The lowest BCUT2D eigenvalue weighted by Crippen LogP contribution is -2.53. The van der Waals surface area contributed by atoms with Gasteiger partial charge in [-0.1, -0.05) is 5.16 Å². The molecule has 32 heavy (non-hydrogen) atoms. The zero-order valence-corrected chi connectivity index (χ0v) is 18.7. The maximum Gasteiger partial charge on any atom is 0.236 e. The number of hydrogen-bond acceptors (Lipinski definition) is 7. The van der Waals surface area contributed by atoms with Crippen LogP contribution in [0.25, 0.3) is 0 Å². The molecule has 2 aliphatic rings. The number of aromatic nitrogens is 1. The minimum atomic E-state index is -0.392. The van der Waals surface area contributed by atoms with Gasteiger partial charge in [0.15, 0.2) is 5.78 Å². The van der Waals surface area contributed by atoms with Gasteiger partial charge in [0.25, 0.3) is 0 Å². The van der Waals surface area contributed by atoms with Crippen molar-refractivity contribution in [3.05, 3.63) is 47.1 Å². The predicted octanol–water partition coefficient (Wildman–Crippen LogP) is 1.79. The molecule has 3 heterocycles. The molecule has 8 nitrogen and oxygen atoms in total. The first-order chi connectivity index (χ1) is 15.4. The third kappa shape index (κ3) is 5.34. The van der Waals surface area contributed by atoms with Crippen LogP contribution in [0.4, 0.5) is 10.1 Å². The topological polar surface area (TPSA) is 73.1 Å². The van der Waals surface area contributed by atoms with E-state index in [4.69, 9.17) is 4.52 Å². The van der Waals surface area contributed by atoms with Gasteiger partial charge in [-0.2, -0.15) is 0 Å². The third-order valence-electron chi connectivity index (χ3n) is 6.21. The summed E-state index contributed by atoms with van der Waals surface area (Å²) in [5.41, 5.74) is 1.80. The third-order valence-corrected chi connectivity index (χ3v) is 6.21. The zero-order chi connectivity index (χ0) is 22.7. The van der Waals surface area contributed by atoms with Crippen molar-refractivity contribution in [1.29, 1.82) is 0 Å². The molecule has 0 aliphatic carbocycles. The highest BCUT2D eigenvalue weighted by atomic mass is 19.1. The van der Waals surface area contributed by atoms with Crippen LogP contribution < -0.4 is 4.90 Å². The Morgan fingerprint density at radius 3 is 2.28 bits per heavy atom. The van der Waals surface area contributed by atoms with Crippen LogP contribution in [-0.2, 0) is 11.3 Å². The lowest BCUT2D eigenvalue weighted by Gasteiger charge is -2.38. The Kier molecular flexibility index (Phi) is 6.86. The smallest absolute Gasteiger partial charge is 0.236 e. The van der Waals surface area contributed by atoms with Crippen LogP contribution in [0.15, 0.2) is 28.8 Å². The number of nitrogens with zero attached hydrogens (tertiary/aromatic N) is 5. The highest BCUT2D eigenvalue weighted by molar-refractivity contribution is 5.94. The number of halogens is 1. The molecule has 0 spiro atoms. The average molecular weight is 444 g/mol. The van der Waals surface area contributed by atoms with Crippen LogP contribution in [0.1, 0.15) is 28.7 Å². The summed E-state index contributed by atoms with van der Waals surface area (Å²) in [6.07, 6.45) is 0. The highest BCUT2D eigenvalue weighted by Gasteiger charge is 2.26. The molecule has 2 aromatic rings. The number of aryl methyl sites for hydroxylation is 1. The number of carbonyl (C=O) groups is 2. The molecule has 1 amide bonds. The summed E-state index contributed by atoms with van der Waals surface area (Å²) < 4.78 is 19.6. The molecule has 0 saturated carbocycles. The maximum absolute atomic E-state index is 14.4. The van der Waals surface area contributed by atoms with Gasteiger partial charge in [0.05, 0.1) is 17.9 Å². The summed E-state index contributed by atoms with van der Waals surface area (Å²) in [5.74, 6) is 0.397. The van der Waals surface area contributed by atoms with Gasteiger partial charge < -0.3 is 14.3 Å². The lowest BCUT2D eigenvalue weighted by atomic mass is 10.1. The van der Waals surface area contributed by atoms with E-state index in [9.17, 15) is 14.0 Å². The van der Waals surface area contributed by atoms with Crippen molar-refractivity contribution >= 4 is 17.4 Å². The van der Waals surface area contributed by atoms with E-state index in [0.29, 0.717) is 44.0 Å². The number of hydrogen-bond donors (Lipinski definition) is 0. The summed E-state index contributed by atoms with van der Waals surface area (Å²) in [7, 11) is 0. The van der Waals surface area contributed by atoms with Gasteiger partial charge in [0.2, 0.25) is 5.91 Å². The number of anilines is 1. The molecule has 2 saturated heterocycles. The first-order valence-electron chi connectivity index (χ1n) is 11.1. The molecular weight excluding hydrogens is 413 g/mol. The van der Waals surface area contributed by atoms with Gasteiger partial charge in [0.1, 0.15) is 11.6 Å². The van der Waals surface area contributed by atoms with E-state index in [0.717, 1.165) is 44.2 Å². The Morgan fingerprint density at radius 2 is 1.69 bits per heavy atom. The van der Waals surface area contributed by atoms with Crippen molar-refractivity contribution in [2.45, 2.75) is 20.4 Å². The summed E-state index contributed by atoms with van der Waals surface area (Å²) in [4.78, 5) is 32.5. The van der Waals surface area contributed by atoms with E-state index < -0.39 is 5.82 Å². The quantitative estimate of drug-likeness (QED) is 0.631. The molecule has 0 unspecified atom stereocenters. The molecule has 2 aliphatic heterocycles. The number of rotatable bonds is 6. The summed E-state index contributed by atoms with van der Waals surface area (Å²) in [5, 5.41) is 4.05. The monoisotopic (exact) mass is 443 g/mol. The Balaban J connectivity index is 1.22. The number of Topliss-reactive ketones (excluding diaryl/α,β-unsaturated/α-hetero) is 1. The number of amides is 1. The van der Waals surface area contributed by atoms with Crippen molar-refractivity contribution in [1.82, 2.24) is 19.9 Å². The van der Waals surface area contributed by atoms with E-state index >= 15 is 0 Å². The van der Waals surface area contributed by atoms with Crippen LogP contribution in [0.2, 0.25) is 0 Å². The number of ketones is 1. The number of carbonyl (C=O) groups excluding carboxylic acids is 2. The SMILES string of the molecule is CC(=O)c1ccc(N2CCN(C(=O)CN3CCN(Cc4cc(C)on4)CC3)CC2)c(F)c1. The van der Waals surface area contributed by atoms with Crippen LogP contribution in [-0.4, -0.2) is 90.4 Å². The summed E-state index contributed by atoms with van der Waals surface area (Å²) >= 11 is 0. The first-order valence-corrected chi connectivity index (χ1v) is 11.1. The standard InChI is InChI=1S/C23H30FN5O3/c1-17-13-20(25-32-17)15-26-5-7-27(8-6-26)16-23(31)29-11-9-28(10-12-29)22-4-3-19(18(2)30)14-21(22)24/h3-4,13-14H,5-12,15-16H2,1-2H3. The lowest BCUT2D eigenvalue weighted by molar-refractivity contribution is -0.133. The second kappa shape index (κ2) is 9.79. The van der Waals surface area contributed by atoms with E-state index in [-0.39, 0.29) is 11.7 Å². The van der Waals surface area contributed by atoms with Gasteiger partial charge in [-0.05, 0) is 32.0 Å².